The van der Waals surface area contributed by atoms with E-state index in [0.29, 0.717) is 6.42 Å². The van der Waals surface area contributed by atoms with Gasteiger partial charge in [0.05, 0.1) is 6.42 Å². The third kappa shape index (κ3) is 1.52. The van der Waals surface area contributed by atoms with Gasteiger partial charge in [-0.25, -0.2) is 0 Å². The average Bonchev–Trinajstić information content (AvgIpc) is 2.70. The molecule has 16 heavy (non-hydrogen) atoms. The van der Waals surface area contributed by atoms with Crippen molar-refractivity contribution < 1.29 is 4.79 Å². The molecule has 0 saturated carbocycles. The van der Waals surface area contributed by atoms with E-state index >= 15 is 0 Å². The topological polar surface area (TPSA) is 41.5 Å². The minimum absolute atomic E-state index is 0.0962. The second-order valence-corrected chi connectivity index (χ2v) is 4.34. The van der Waals surface area contributed by atoms with Crippen molar-refractivity contribution in [2.75, 3.05) is 11.9 Å². The van der Waals surface area contributed by atoms with Gasteiger partial charge in [0.1, 0.15) is 0 Å². The lowest BCUT2D eigenvalue weighted by Gasteiger charge is -2.14. The number of carbonyl (C=O) groups excluding carboxylic acids is 1. The second kappa shape index (κ2) is 3.74. The van der Waals surface area contributed by atoms with Crippen molar-refractivity contribution >= 4 is 17.3 Å². The number of carbonyl (C=O) groups is 1. The van der Waals surface area contributed by atoms with Crippen LogP contribution in [0, 0.1) is 0 Å². The molecule has 2 heterocycles. The van der Waals surface area contributed by atoms with E-state index in [2.05, 4.69) is 16.4 Å². The minimum atomic E-state index is 0.0962. The zero-order valence-corrected chi connectivity index (χ0v) is 9.12. The molecule has 3 rings (SSSR count). The largest absolute Gasteiger partial charge is 0.326 e. The number of amides is 1. The molecule has 82 valence electrons. The third-order valence-corrected chi connectivity index (χ3v) is 3.22. The summed E-state index contributed by atoms with van der Waals surface area (Å²) in [7, 11) is 0. The SMILES string of the molecule is O=C1Cc2c(cccc2C2=NCCCC2)N1. The van der Waals surface area contributed by atoms with Crippen LogP contribution in [0.4, 0.5) is 5.69 Å². The van der Waals surface area contributed by atoms with Crippen LogP contribution in [-0.4, -0.2) is 18.2 Å². The van der Waals surface area contributed by atoms with E-state index < -0.39 is 0 Å². The van der Waals surface area contributed by atoms with Crippen LogP contribution in [0.5, 0.6) is 0 Å². The summed E-state index contributed by atoms with van der Waals surface area (Å²) in [5, 5.41) is 2.88. The zero-order chi connectivity index (χ0) is 11.0. The van der Waals surface area contributed by atoms with Crippen LogP contribution < -0.4 is 5.32 Å². The summed E-state index contributed by atoms with van der Waals surface area (Å²) in [4.78, 5) is 16.0. The van der Waals surface area contributed by atoms with E-state index in [1.165, 1.54) is 24.1 Å². The molecular weight excluding hydrogens is 200 g/mol. The summed E-state index contributed by atoms with van der Waals surface area (Å²) < 4.78 is 0. The zero-order valence-electron chi connectivity index (χ0n) is 9.12. The van der Waals surface area contributed by atoms with Gasteiger partial charge in [0.15, 0.2) is 0 Å². The van der Waals surface area contributed by atoms with Crippen molar-refractivity contribution in [2.45, 2.75) is 25.7 Å². The number of fused-ring (bicyclic) bond motifs is 1. The standard InChI is InChI=1S/C13H14N2O/c16-13-8-10-9(4-3-6-12(10)15-13)11-5-1-2-7-14-11/h3-4,6H,1-2,5,7-8H2,(H,15,16). The molecular formula is C13H14N2O. The summed E-state index contributed by atoms with van der Waals surface area (Å²) in [6.07, 6.45) is 3.95. The molecule has 3 heteroatoms. The fourth-order valence-corrected chi connectivity index (χ4v) is 2.44. The van der Waals surface area contributed by atoms with Crippen LogP contribution in [-0.2, 0) is 11.2 Å². The Balaban J connectivity index is 2.05. The fraction of sp³-hybridized carbons (Fsp3) is 0.385. The summed E-state index contributed by atoms with van der Waals surface area (Å²) >= 11 is 0. The third-order valence-electron chi connectivity index (χ3n) is 3.22. The van der Waals surface area contributed by atoms with Gasteiger partial charge in [0.2, 0.25) is 5.91 Å². The Kier molecular flexibility index (Phi) is 2.24. The van der Waals surface area contributed by atoms with Gasteiger partial charge in [-0.15, -0.1) is 0 Å². The van der Waals surface area contributed by atoms with Crippen molar-refractivity contribution in [2.24, 2.45) is 4.99 Å². The molecule has 2 aliphatic heterocycles. The second-order valence-electron chi connectivity index (χ2n) is 4.34. The summed E-state index contributed by atoms with van der Waals surface area (Å²) in [6.45, 7) is 0.931. The van der Waals surface area contributed by atoms with Gasteiger partial charge in [0.25, 0.3) is 0 Å². The summed E-state index contributed by atoms with van der Waals surface area (Å²) in [5.74, 6) is 0.0962. The molecule has 1 aromatic rings. The maximum Gasteiger partial charge on any atom is 0.228 e. The Morgan fingerprint density at radius 3 is 3.00 bits per heavy atom. The molecule has 0 atom stereocenters. The lowest BCUT2D eigenvalue weighted by molar-refractivity contribution is -0.115. The monoisotopic (exact) mass is 214 g/mol. The molecule has 0 fully saturated rings. The van der Waals surface area contributed by atoms with E-state index in [0.717, 1.165) is 24.2 Å². The summed E-state index contributed by atoms with van der Waals surface area (Å²) in [6, 6.07) is 6.05. The van der Waals surface area contributed by atoms with Crippen molar-refractivity contribution in [1.82, 2.24) is 0 Å². The first-order valence-corrected chi connectivity index (χ1v) is 5.80. The molecule has 0 unspecified atom stereocenters. The minimum Gasteiger partial charge on any atom is -0.326 e. The molecule has 0 bridgehead atoms. The Hall–Kier alpha value is -1.64. The number of nitrogens with zero attached hydrogens (tertiary/aromatic N) is 1. The molecule has 0 saturated heterocycles. The molecule has 1 N–H and O–H groups in total. The Morgan fingerprint density at radius 1 is 1.25 bits per heavy atom. The number of anilines is 1. The Morgan fingerprint density at radius 2 is 2.19 bits per heavy atom. The van der Waals surface area contributed by atoms with Crippen molar-refractivity contribution in [3.63, 3.8) is 0 Å². The first kappa shape index (κ1) is 9.58. The maximum absolute atomic E-state index is 11.4. The van der Waals surface area contributed by atoms with Crippen molar-refractivity contribution in [3.8, 4) is 0 Å². The highest BCUT2D eigenvalue weighted by molar-refractivity contribution is 6.08. The number of hydrogen-bond acceptors (Lipinski definition) is 2. The van der Waals surface area contributed by atoms with Gasteiger partial charge in [-0.1, -0.05) is 12.1 Å². The normalized spacial score (nSPS) is 19.0. The molecule has 0 aromatic heterocycles. The smallest absolute Gasteiger partial charge is 0.228 e. The van der Waals surface area contributed by atoms with Gasteiger partial charge in [-0.05, 0) is 30.9 Å². The van der Waals surface area contributed by atoms with Gasteiger partial charge < -0.3 is 5.32 Å². The van der Waals surface area contributed by atoms with Crippen LogP contribution in [0.3, 0.4) is 0 Å². The van der Waals surface area contributed by atoms with Crippen molar-refractivity contribution in [1.29, 1.82) is 0 Å². The molecule has 0 aliphatic carbocycles. The first-order chi connectivity index (χ1) is 7.84. The number of nitrogens with one attached hydrogen (secondary N) is 1. The van der Waals surface area contributed by atoms with E-state index in [1.807, 2.05) is 12.1 Å². The lowest BCUT2D eigenvalue weighted by Crippen LogP contribution is -2.10. The van der Waals surface area contributed by atoms with Crippen molar-refractivity contribution in [3.05, 3.63) is 29.3 Å². The highest BCUT2D eigenvalue weighted by Gasteiger charge is 2.22. The number of hydrogen-bond donors (Lipinski definition) is 1. The fourth-order valence-electron chi connectivity index (χ4n) is 2.44. The molecule has 3 nitrogen and oxygen atoms in total. The van der Waals surface area contributed by atoms with Crippen LogP contribution in [0.25, 0.3) is 0 Å². The number of aliphatic imine (C=N–C) groups is 1. The van der Waals surface area contributed by atoms with Gasteiger partial charge in [-0.3, -0.25) is 9.79 Å². The lowest BCUT2D eigenvalue weighted by atomic mass is 9.96. The summed E-state index contributed by atoms with van der Waals surface area (Å²) in [5.41, 5.74) is 4.46. The van der Waals surface area contributed by atoms with Gasteiger partial charge in [0, 0.05) is 23.5 Å². The van der Waals surface area contributed by atoms with E-state index in [9.17, 15) is 4.79 Å². The van der Waals surface area contributed by atoms with E-state index in [1.54, 1.807) is 0 Å². The van der Waals surface area contributed by atoms with Crippen LogP contribution in [0.15, 0.2) is 23.2 Å². The Bertz CT molecular complexity index is 477. The molecule has 0 spiro atoms. The molecule has 1 aromatic carbocycles. The molecule has 2 aliphatic rings. The highest BCUT2D eigenvalue weighted by atomic mass is 16.1. The van der Waals surface area contributed by atoms with Crippen LogP contribution >= 0.6 is 0 Å². The van der Waals surface area contributed by atoms with E-state index in [4.69, 9.17) is 0 Å². The predicted molar refractivity (Wildman–Crippen MR) is 64.0 cm³/mol. The number of rotatable bonds is 1. The number of benzene rings is 1. The Labute approximate surface area is 94.6 Å². The quantitative estimate of drug-likeness (QED) is 0.764. The first-order valence-electron chi connectivity index (χ1n) is 5.80. The predicted octanol–water partition coefficient (Wildman–Crippen LogP) is 2.15. The van der Waals surface area contributed by atoms with Crippen LogP contribution in [0.2, 0.25) is 0 Å². The van der Waals surface area contributed by atoms with Gasteiger partial charge in [-0.2, -0.15) is 0 Å². The van der Waals surface area contributed by atoms with Crippen LogP contribution in [0.1, 0.15) is 30.4 Å². The highest BCUT2D eigenvalue weighted by Crippen LogP contribution is 2.28. The molecule has 0 radical (unpaired) electrons. The van der Waals surface area contributed by atoms with Gasteiger partial charge >= 0.3 is 0 Å². The average molecular weight is 214 g/mol. The molecule has 1 amide bonds. The maximum atomic E-state index is 11.4. The van der Waals surface area contributed by atoms with E-state index in [-0.39, 0.29) is 5.91 Å².